The van der Waals surface area contributed by atoms with Gasteiger partial charge in [-0.25, -0.2) is 0 Å². The zero-order chi connectivity index (χ0) is 46.5. The first-order chi connectivity index (χ1) is 31.5. The van der Waals surface area contributed by atoms with Crippen molar-refractivity contribution in [3.05, 3.63) is 97.2 Å². The molecule has 0 bridgehead atoms. The minimum absolute atomic E-state index is 0.101. The number of esters is 3. The van der Waals surface area contributed by atoms with Crippen LogP contribution in [-0.4, -0.2) is 37.2 Å². The molecule has 0 N–H and O–H groups in total. The average molecular weight is 889 g/mol. The maximum Gasteiger partial charge on any atom is 0.306 e. The van der Waals surface area contributed by atoms with E-state index in [0.29, 0.717) is 19.3 Å². The van der Waals surface area contributed by atoms with Crippen molar-refractivity contribution < 1.29 is 28.6 Å². The molecule has 0 unspecified atom stereocenters. The summed E-state index contributed by atoms with van der Waals surface area (Å²) in [5.74, 6) is -0.980. The molecule has 0 spiro atoms. The van der Waals surface area contributed by atoms with Crippen LogP contribution in [0.2, 0.25) is 0 Å². The number of unbranched alkanes of at least 4 members (excludes halogenated alkanes) is 19. The van der Waals surface area contributed by atoms with Crippen molar-refractivity contribution in [1.29, 1.82) is 0 Å². The van der Waals surface area contributed by atoms with E-state index in [2.05, 4.69) is 118 Å². The van der Waals surface area contributed by atoms with Gasteiger partial charge in [-0.15, -0.1) is 0 Å². The van der Waals surface area contributed by atoms with Crippen LogP contribution in [0.25, 0.3) is 0 Å². The van der Waals surface area contributed by atoms with Crippen molar-refractivity contribution in [3.8, 4) is 0 Å². The van der Waals surface area contributed by atoms with E-state index in [1.165, 1.54) is 70.6 Å². The van der Waals surface area contributed by atoms with E-state index in [1.54, 1.807) is 0 Å². The Labute approximate surface area is 394 Å². The standard InChI is InChI=1S/C58H96O6/c1-4-7-10-13-16-19-22-25-28-29-31-33-36-39-42-45-48-51-57(60)63-54-55(53-62-56(59)50-47-44-41-38-35-32-27-24-21-18-15-12-9-6-3)64-58(61)52-49-46-43-40-37-34-30-26-23-20-17-14-11-8-5-2/h7-8,10-11,16-17,19-20,25-26,28,30-31,33,39,42,55H,4-6,9,12-15,18,21-24,27,29,32,34-38,40-41,43-54H2,1-3H3/b10-7-,11-8-,19-16-,20-17-,28-25-,30-26-,33-31-,42-39-/t55-/m1/s1. The molecular weight excluding hydrogens is 793 g/mol. The van der Waals surface area contributed by atoms with E-state index in [0.717, 1.165) is 116 Å². The van der Waals surface area contributed by atoms with Gasteiger partial charge >= 0.3 is 17.9 Å². The monoisotopic (exact) mass is 889 g/mol. The first-order valence-electron chi connectivity index (χ1n) is 26.2. The highest BCUT2D eigenvalue weighted by Crippen LogP contribution is 2.15. The molecule has 0 aromatic heterocycles. The fraction of sp³-hybridized carbons (Fsp3) is 0.672. The molecular formula is C58H96O6. The van der Waals surface area contributed by atoms with Crippen LogP contribution < -0.4 is 0 Å². The lowest BCUT2D eigenvalue weighted by molar-refractivity contribution is -0.167. The number of hydrogen-bond acceptors (Lipinski definition) is 6. The third kappa shape index (κ3) is 49.3. The Morgan fingerprint density at radius 2 is 0.625 bits per heavy atom. The van der Waals surface area contributed by atoms with Gasteiger partial charge in [0.2, 0.25) is 0 Å². The second kappa shape index (κ2) is 52.0. The summed E-state index contributed by atoms with van der Waals surface area (Å²) in [6, 6.07) is 0. The van der Waals surface area contributed by atoms with Gasteiger partial charge in [0, 0.05) is 19.3 Å². The molecule has 0 aliphatic rings. The van der Waals surface area contributed by atoms with E-state index in [9.17, 15) is 14.4 Å². The molecule has 0 saturated heterocycles. The third-order valence-corrected chi connectivity index (χ3v) is 10.8. The van der Waals surface area contributed by atoms with Crippen molar-refractivity contribution >= 4 is 17.9 Å². The molecule has 0 aliphatic carbocycles. The molecule has 364 valence electrons. The van der Waals surface area contributed by atoms with E-state index in [4.69, 9.17) is 14.2 Å². The number of ether oxygens (including phenoxy) is 3. The van der Waals surface area contributed by atoms with Crippen LogP contribution in [0, 0.1) is 0 Å². The van der Waals surface area contributed by atoms with E-state index in [-0.39, 0.29) is 37.5 Å². The summed E-state index contributed by atoms with van der Waals surface area (Å²) >= 11 is 0. The fourth-order valence-electron chi connectivity index (χ4n) is 6.96. The summed E-state index contributed by atoms with van der Waals surface area (Å²) in [6.45, 7) is 6.35. The quantitative estimate of drug-likeness (QED) is 0.0262. The molecule has 0 rings (SSSR count). The first kappa shape index (κ1) is 60.3. The Bertz CT molecular complexity index is 1300. The van der Waals surface area contributed by atoms with Crippen molar-refractivity contribution in [2.24, 2.45) is 0 Å². The van der Waals surface area contributed by atoms with Gasteiger partial charge in [-0.2, -0.15) is 0 Å². The van der Waals surface area contributed by atoms with Gasteiger partial charge in [0.05, 0.1) is 0 Å². The van der Waals surface area contributed by atoms with Crippen molar-refractivity contribution in [1.82, 2.24) is 0 Å². The Morgan fingerprint density at radius 3 is 1.02 bits per heavy atom. The maximum atomic E-state index is 12.8. The number of hydrogen-bond donors (Lipinski definition) is 0. The number of carbonyl (C=O) groups excluding carboxylic acids is 3. The third-order valence-electron chi connectivity index (χ3n) is 10.8. The second-order valence-corrected chi connectivity index (χ2v) is 17.0. The summed E-state index contributed by atoms with van der Waals surface area (Å²) < 4.78 is 16.7. The van der Waals surface area contributed by atoms with Crippen LogP contribution in [0.1, 0.15) is 233 Å². The lowest BCUT2D eigenvalue weighted by Crippen LogP contribution is -2.30. The van der Waals surface area contributed by atoms with Crippen molar-refractivity contribution in [2.75, 3.05) is 13.2 Å². The number of allylic oxidation sites excluding steroid dienone is 16. The highest BCUT2D eigenvalue weighted by Gasteiger charge is 2.19. The Hall–Kier alpha value is -3.67. The molecule has 1 atom stereocenters. The van der Waals surface area contributed by atoms with Crippen molar-refractivity contribution in [3.63, 3.8) is 0 Å². The van der Waals surface area contributed by atoms with Gasteiger partial charge in [0.1, 0.15) is 13.2 Å². The van der Waals surface area contributed by atoms with Crippen LogP contribution in [0.15, 0.2) is 97.2 Å². The lowest BCUT2D eigenvalue weighted by Gasteiger charge is -2.18. The molecule has 0 fully saturated rings. The first-order valence-corrected chi connectivity index (χ1v) is 26.2. The minimum Gasteiger partial charge on any atom is -0.462 e. The van der Waals surface area contributed by atoms with Crippen LogP contribution in [0.5, 0.6) is 0 Å². The normalized spacial score (nSPS) is 12.9. The Morgan fingerprint density at radius 1 is 0.328 bits per heavy atom. The molecule has 6 nitrogen and oxygen atoms in total. The minimum atomic E-state index is -0.808. The summed E-state index contributed by atoms with van der Waals surface area (Å²) in [5, 5.41) is 0. The summed E-state index contributed by atoms with van der Waals surface area (Å²) in [7, 11) is 0. The zero-order valence-electron chi connectivity index (χ0n) is 41.5. The summed E-state index contributed by atoms with van der Waals surface area (Å²) in [6.07, 6.45) is 68.2. The molecule has 0 amide bonds. The van der Waals surface area contributed by atoms with E-state index in [1.807, 2.05) is 0 Å². The molecule has 0 aromatic carbocycles. The molecule has 6 heteroatoms. The van der Waals surface area contributed by atoms with Crippen LogP contribution in [-0.2, 0) is 28.6 Å². The van der Waals surface area contributed by atoms with Crippen molar-refractivity contribution in [2.45, 2.75) is 239 Å². The van der Waals surface area contributed by atoms with Crippen LogP contribution in [0.4, 0.5) is 0 Å². The van der Waals surface area contributed by atoms with Gasteiger partial charge < -0.3 is 14.2 Å². The molecule has 64 heavy (non-hydrogen) atoms. The largest absolute Gasteiger partial charge is 0.462 e. The van der Waals surface area contributed by atoms with Crippen LogP contribution in [0.3, 0.4) is 0 Å². The average Bonchev–Trinajstić information content (AvgIpc) is 3.29. The second-order valence-electron chi connectivity index (χ2n) is 17.0. The fourth-order valence-corrected chi connectivity index (χ4v) is 6.96. The van der Waals surface area contributed by atoms with E-state index < -0.39 is 6.10 Å². The van der Waals surface area contributed by atoms with Gasteiger partial charge in [-0.3, -0.25) is 14.4 Å². The Kier molecular flexibility index (Phi) is 49.0. The smallest absolute Gasteiger partial charge is 0.306 e. The molecule has 0 heterocycles. The molecule has 0 aliphatic heterocycles. The highest BCUT2D eigenvalue weighted by atomic mass is 16.6. The molecule has 0 saturated carbocycles. The van der Waals surface area contributed by atoms with Gasteiger partial charge in [-0.05, 0) is 89.9 Å². The lowest BCUT2D eigenvalue weighted by atomic mass is 10.0. The molecule has 0 aromatic rings. The number of carbonyl (C=O) groups is 3. The van der Waals surface area contributed by atoms with Gasteiger partial charge in [0.15, 0.2) is 6.10 Å². The molecule has 0 radical (unpaired) electrons. The summed E-state index contributed by atoms with van der Waals surface area (Å²) in [5.41, 5.74) is 0. The number of rotatable bonds is 46. The SMILES string of the molecule is CC/C=C\C/C=C\C/C=C\C/C=C\C/C=C\CCCC(=O)OC[C@@H](COC(=O)CCCCCCCCCCCCCCCC)OC(=O)CCCCCCC/C=C\C/C=C\C/C=C\CC. The highest BCUT2D eigenvalue weighted by molar-refractivity contribution is 5.71. The van der Waals surface area contributed by atoms with Gasteiger partial charge in [0.25, 0.3) is 0 Å². The van der Waals surface area contributed by atoms with E-state index >= 15 is 0 Å². The summed E-state index contributed by atoms with van der Waals surface area (Å²) in [4.78, 5) is 38.0. The predicted molar refractivity (Wildman–Crippen MR) is 274 cm³/mol. The Balaban J connectivity index is 4.51. The topological polar surface area (TPSA) is 78.9 Å². The van der Waals surface area contributed by atoms with Crippen LogP contribution >= 0.6 is 0 Å². The zero-order valence-corrected chi connectivity index (χ0v) is 41.5. The van der Waals surface area contributed by atoms with Gasteiger partial charge in [-0.1, -0.05) is 221 Å². The predicted octanol–water partition coefficient (Wildman–Crippen LogP) is 17.4. The maximum absolute atomic E-state index is 12.8.